The fourth-order valence-electron chi connectivity index (χ4n) is 2.60. The van der Waals surface area contributed by atoms with Crippen molar-refractivity contribution in [3.05, 3.63) is 11.5 Å². The molecule has 2 aromatic heterocycles. The largest absolute Gasteiger partial charge is 0.353 e. The highest BCUT2D eigenvalue weighted by Crippen LogP contribution is 2.28. The fourth-order valence-corrected chi connectivity index (χ4v) is 2.77. The van der Waals surface area contributed by atoms with Crippen molar-refractivity contribution in [3.63, 3.8) is 0 Å². The van der Waals surface area contributed by atoms with Crippen LogP contribution in [0, 0.1) is 0 Å². The molecule has 1 atom stereocenters. The van der Waals surface area contributed by atoms with Crippen molar-refractivity contribution in [1.29, 1.82) is 0 Å². The monoisotopic (exact) mass is 265 g/mol. The Labute approximate surface area is 111 Å². The summed E-state index contributed by atoms with van der Waals surface area (Å²) in [5.41, 5.74) is 0.710. The predicted octanol–water partition coefficient (Wildman–Crippen LogP) is 2.78. The third-order valence-electron chi connectivity index (χ3n) is 3.59. The van der Waals surface area contributed by atoms with Crippen LogP contribution in [0.25, 0.3) is 11.0 Å². The van der Waals surface area contributed by atoms with Crippen LogP contribution in [0.15, 0.2) is 6.20 Å². The molecule has 96 valence electrons. The van der Waals surface area contributed by atoms with E-state index >= 15 is 0 Å². The van der Waals surface area contributed by atoms with Crippen LogP contribution in [0.5, 0.6) is 0 Å². The van der Waals surface area contributed by atoms with E-state index in [9.17, 15) is 0 Å². The molecule has 3 rings (SSSR count). The minimum Gasteiger partial charge on any atom is -0.353 e. The lowest BCUT2D eigenvalue weighted by Gasteiger charge is -2.28. The minimum absolute atomic E-state index is 0.276. The van der Waals surface area contributed by atoms with Gasteiger partial charge in [-0.1, -0.05) is 12.8 Å². The van der Waals surface area contributed by atoms with Crippen molar-refractivity contribution in [2.45, 2.75) is 38.6 Å². The quantitative estimate of drug-likeness (QED) is 0.806. The van der Waals surface area contributed by atoms with Gasteiger partial charge in [0.2, 0.25) is 5.28 Å². The topological polar surface area (TPSA) is 57.7 Å². The lowest BCUT2D eigenvalue weighted by atomic mass is 10.1. The van der Waals surface area contributed by atoms with E-state index in [0.29, 0.717) is 11.7 Å². The molecule has 0 radical (unpaired) electrons. The lowest BCUT2D eigenvalue weighted by molar-refractivity contribution is 0.612. The molecule has 0 aliphatic carbocycles. The maximum absolute atomic E-state index is 5.99. The van der Waals surface area contributed by atoms with Gasteiger partial charge in [0, 0.05) is 12.6 Å². The van der Waals surface area contributed by atoms with Crippen molar-refractivity contribution in [2.24, 2.45) is 0 Å². The van der Waals surface area contributed by atoms with Gasteiger partial charge in [0.15, 0.2) is 5.65 Å². The van der Waals surface area contributed by atoms with Crippen LogP contribution in [0.2, 0.25) is 5.28 Å². The van der Waals surface area contributed by atoms with E-state index in [-0.39, 0.29) is 5.28 Å². The Hall–Kier alpha value is -1.36. The van der Waals surface area contributed by atoms with Gasteiger partial charge in [0.1, 0.15) is 5.82 Å². The number of hydrogen-bond donors (Lipinski definition) is 1. The fraction of sp³-hybridized carbons (Fsp3) is 0.583. The van der Waals surface area contributed by atoms with Crippen LogP contribution in [0.4, 0.5) is 5.82 Å². The number of nitrogens with one attached hydrogen (secondary N) is 1. The normalized spacial score (nSPS) is 21.2. The van der Waals surface area contributed by atoms with Crippen molar-refractivity contribution < 1.29 is 0 Å². The van der Waals surface area contributed by atoms with Crippen molar-refractivity contribution in [2.75, 3.05) is 11.4 Å². The third-order valence-corrected chi connectivity index (χ3v) is 3.76. The highest BCUT2D eigenvalue weighted by Gasteiger charge is 2.21. The molecule has 6 heteroatoms. The van der Waals surface area contributed by atoms with E-state index in [1.165, 1.54) is 25.7 Å². The average Bonchev–Trinajstić information content (AvgIpc) is 2.70. The Morgan fingerprint density at radius 2 is 2.22 bits per heavy atom. The molecule has 1 fully saturated rings. The van der Waals surface area contributed by atoms with E-state index in [4.69, 9.17) is 11.6 Å². The Morgan fingerprint density at radius 1 is 1.33 bits per heavy atom. The SMILES string of the molecule is CC1CCCCCN1c1nc(Cl)nc2[nH]ncc12. The maximum Gasteiger partial charge on any atom is 0.226 e. The number of anilines is 1. The number of rotatable bonds is 1. The summed E-state index contributed by atoms with van der Waals surface area (Å²) in [5.74, 6) is 0.910. The number of hydrogen-bond acceptors (Lipinski definition) is 4. The minimum atomic E-state index is 0.276. The number of fused-ring (bicyclic) bond motifs is 1. The molecule has 1 aliphatic rings. The number of H-pyrrole nitrogens is 1. The summed E-state index contributed by atoms with van der Waals surface area (Å²) in [7, 11) is 0. The highest BCUT2D eigenvalue weighted by atomic mass is 35.5. The molecular formula is C12H16ClN5. The number of aromatic amines is 1. The van der Waals surface area contributed by atoms with Crippen LogP contribution in [-0.2, 0) is 0 Å². The van der Waals surface area contributed by atoms with Crippen LogP contribution < -0.4 is 4.90 Å². The molecule has 1 N–H and O–H groups in total. The van der Waals surface area contributed by atoms with Crippen molar-refractivity contribution in [3.8, 4) is 0 Å². The van der Waals surface area contributed by atoms with Crippen LogP contribution in [0.3, 0.4) is 0 Å². The second-order valence-electron chi connectivity index (χ2n) is 4.84. The van der Waals surface area contributed by atoms with Gasteiger partial charge < -0.3 is 4.90 Å². The highest BCUT2D eigenvalue weighted by molar-refractivity contribution is 6.28. The summed E-state index contributed by atoms with van der Waals surface area (Å²) < 4.78 is 0. The summed E-state index contributed by atoms with van der Waals surface area (Å²) in [5, 5.41) is 8.12. The predicted molar refractivity (Wildman–Crippen MR) is 72.0 cm³/mol. The summed E-state index contributed by atoms with van der Waals surface area (Å²) >= 11 is 5.99. The van der Waals surface area contributed by atoms with E-state index < -0.39 is 0 Å². The van der Waals surface area contributed by atoms with Crippen LogP contribution >= 0.6 is 11.6 Å². The molecule has 0 spiro atoms. The Kier molecular flexibility index (Phi) is 3.07. The van der Waals surface area contributed by atoms with Crippen molar-refractivity contribution in [1.82, 2.24) is 20.2 Å². The van der Waals surface area contributed by atoms with Gasteiger partial charge in [-0.2, -0.15) is 15.1 Å². The summed E-state index contributed by atoms with van der Waals surface area (Å²) in [6, 6.07) is 0.483. The summed E-state index contributed by atoms with van der Waals surface area (Å²) in [6.07, 6.45) is 6.74. The number of nitrogens with zero attached hydrogens (tertiary/aromatic N) is 4. The first-order valence-electron chi connectivity index (χ1n) is 6.39. The zero-order chi connectivity index (χ0) is 12.5. The van der Waals surface area contributed by atoms with Gasteiger partial charge in [-0.3, -0.25) is 5.10 Å². The van der Waals surface area contributed by atoms with Gasteiger partial charge in [0.25, 0.3) is 0 Å². The summed E-state index contributed by atoms with van der Waals surface area (Å²) in [4.78, 5) is 10.9. The second-order valence-corrected chi connectivity index (χ2v) is 5.18. The first kappa shape index (κ1) is 11.7. The molecule has 0 amide bonds. The molecule has 0 saturated carbocycles. The molecule has 2 aromatic rings. The van der Waals surface area contributed by atoms with Gasteiger partial charge >= 0.3 is 0 Å². The molecule has 0 aromatic carbocycles. The Morgan fingerprint density at radius 3 is 3.11 bits per heavy atom. The van der Waals surface area contributed by atoms with Crippen LogP contribution in [-0.4, -0.2) is 32.8 Å². The van der Waals surface area contributed by atoms with E-state index in [0.717, 1.165) is 17.7 Å². The zero-order valence-corrected chi connectivity index (χ0v) is 11.1. The van der Waals surface area contributed by atoms with E-state index in [2.05, 4.69) is 32.0 Å². The first-order valence-corrected chi connectivity index (χ1v) is 6.77. The van der Waals surface area contributed by atoms with E-state index in [1.54, 1.807) is 6.20 Å². The van der Waals surface area contributed by atoms with Crippen molar-refractivity contribution >= 4 is 28.5 Å². The van der Waals surface area contributed by atoms with Gasteiger partial charge in [0.05, 0.1) is 11.6 Å². The van der Waals surface area contributed by atoms with Gasteiger partial charge in [-0.25, -0.2) is 0 Å². The number of halogens is 1. The Bertz CT molecular complexity index is 552. The van der Waals surface area contributed by atoms with Gasteiger partial charge in [-0.15, -0.1) is 0 Å². The molecule has 18 heavy (non-hydrogen) atoms. The van der Waals surface area contributed by atoms with Crippen LogP contribution in [0.1, 0.15) is 32.6 Å². The zero-order valence-electron chi connectivity index (χ0n) is 10.4. The molecule has 1 aliphatic heterocycles. The number of aromatic nitrogens is 4. The summed E-state index contributed by atoms with van der Waals surface area (Å²) in [6.45, 7) is 3.27. The molecule has 1 saturated heterocycles. The molecular weight excluding hydrogens is 250 g/mol. The standard InChI is InChI=1S/C12H16ClN5/c1-8-5-3-2-4-6-18(8)11-9-7-14-17-10(9)15-12(13)16-11/h7-8H,2-6H2,1H3,(H,14,15,16,17). The molecule has 3 heterocycles. The van der Waals surface area contributed by atoms with Gasteiger partial charge in [-0.05, 0) is 31.4 Å². The third kappa shape index (κ3) is 2.03. The molecule has 0 bridgehead atoms. The average molecular weight is 266 g/mol. The molecule has 5 nitrogen and oxygen atoms in total. The van der Waals surface area contributed by atoms with E-state index in [1.807, 2.05) is 0 Å². The maximum atomic E-state index is 5.99. The molecule has 1 unspecified atom stereocenters. The Balaban J connectivity index is 2.08. The smallest absolute Gasteiger partial charge is 0.226 e. The second kappa shape index (κ2) is 4.72. The first-order chi connectivity index (χ1) is 8.75. The lowest BCUT2D eigenvalue weighted by Crippen LogP contribution is -2.33.